The van der Waals surface area contributed by atoms with Crippen LogP contribution in [0.25, 0.3) is 0 Å². The van der Waals surface area contributed by atoms with Crippen LogP contribution in [0.2, 0.25) is 5.02 Å². The summed E-state index contributed by atoms with van der Waals surface area (Å²) in [6.07, 6.45) is 0.393. The van der Waals surface area contributed by atoms with Crippen LogP contribution in [0.1, 0.15) is 15.9 Å². The van der Waals surface area contributed by atoms with Crippen molar-refractivity contribution >= 4 is 44.9 Å². The Kier molecular flexibility index (Phi) is 8.27. The molecule has 30 heavy (non-hydrogen) atoms. The molecule has 11 heteroatoms. The second-order valence-corrected chi connectivity index (χ2v) is 8.52. The van der Waals surface area contributed by atoms with Gasteiger partial charge in [-0.05, 0) is 54.5 Å². The molecule has 0 aromatic heterocycles. The topological polar surface area (TPSA) is 106 Å². The van der Waals surface area contributed by atoms with E-state index in [0.29, 0.717) is 28.3 Å². The van der Waals surface area contributed by atoms with Gasteiger partial charge in [0.2, 0.25) is 0 Å². The Hall–Kier alpha value is -2.56. The van der Waals surface area contributed by atoms with Crippen LogP contribution in [-0.4, -0.2) is 47.2 Å². The molecule has 0 saturated carbocycles. The van der Waals surface area contributed by atoms with Crippen LogP contribution in [0.4, 0.5) is 0 Å². The summed E-state index contributed by atoms with van der Waals surface area (Å²) in [5, 5.41) is 5.76. The Morgan fingerprint density at radius 1 is 1.10 bits per heavy atom. The molecule has 2 aromatic rings. The van der Waals surface area contributed by atoms with E-state index in [2.05, 4.69) is 15.4 Å². The zero-order valence-corrected chi connectivity index (χ0v) is 19.0. The van der Waals surface area contributed by atoms with E-state index in [9.17, 15) is 13.2 Å². The monoisotopic (exact) mass is 471 g/mol. The van der Waals surface area contributed by atoms with Crippen molar-refractivity contribution in [3.05, 3.63) is 52.5 Å². The Morgan fingerprint density at radius 3 is 2.43 bits per heavy atom. The summed E-state index contributed by atoms with van der Waals surface area (Å²) in [6, 6.07) is 9.49. The van der Waals surface area contributed by atoms with Crippen molar-refractivity contribution in [1.29, 1.82) is 0 Å². The maximum atomic E-state index is 12.6. The predicted octanol–water partition coefficient (Wildman–Crippen LogP) is 2.11. The molecule has 0 fully saturated rings. The molecule has 2 rings (SSSR count). The van der Waals surface area contributed by atoms with Crippen LogP contribution in [0.15, 0.2) is 41.3 Å². The second-order valence-electron chi connectivity index (χ2n) is 6.02. The molecule has 0 atom stereocenters. The van der Waals surface area contributed by atoms with E-state index < -0.39 is 10.0 Å². The van der Waals surface area contributed by atoms with E-state index in [4.69, 9.17) is 33.3 Å². The van der Waals surface area contributed by atoms with Gasteiger partial charge in [0.15, 0.2) is 5.11 Å². The highest BCUT2D eigenvalue weighted by Gasteiger charge is 2.21. The molecule has 0 unspecified atom stereocenters. The van der Waals surface area contributed by atoms with Gasteiger partial charge in [0.1, 0.15) is 16.4 Å². The lowest BCUT2D eigenvalue weighted by molar-refractivity contribution is 0.0951. The van der Waals surface area contributed by atoms with Gasteiger partial charge in [-0.15, -0.1) is 0 Å². The lowest BCUT2D eigenvalue weighted by Gasteiger charge is -2.14. The third-order valence-corrected chi connectivity index (χ3v) is 6.12. The number of halogens is 1. The summed E-state index contributed by atoms with van der Waals surface area (Å²) in [5.41, 5.74) is 1.04. The highest BCUT2D eigenvalue weighted by molar-refractivity contribution is 7.92. The number of rotatable bonds is 8. The SMILES string of the molecule is CNC(=S)NS(=O)(=O)c1cc(CCNC(=O)c2ccc(Cl)cc2OC)ccc1OC. The molecular formula is C19H22ClN3O5S2. The quantitative estimate of drug-likeness (QED) is 0.506. The third-order valence-electron chi connectivity index (χ3n) is 4.08. The third kappa shape index (κ3) is 5.97. The minimum atomic E-state index is -3.93. The van der Waals surface area contributed by atoms with Crippen molar-refractivity contribution in [2.75, 3.05) is 27.8 Å². The summed E-state index contributed by atoms with van der Waals surface area (Å²) in [5.74, 6) is 0.218. The molecule has 3 N–H and O–H groups in total. The fraction of sp³-hybridized carbons (Fsp3) is 0.263. The largest absolute Gasteiger partial charge is 0.496 e. The van der Waals surface area contributed by atoms with Crippen molar-refractivity contribution < 1.29 is 22.7 Å². The number of thiocarbonyl (C=S) groups is 1. The number of sulfonamides is 1. The van der Waals surface area contributed by atoms with E-state index in [0.717, 1.165) is 0 Å². The van der Waals surface area contributed by atoms with Crippen LogP contribution < -0.4 is 24.8 Å². The minimum absolute atomic E-state index is 0.0355. The molecule has 0 spiro atoms. The van der Waals surface area contributed by atoms with Crippen LogP contribution in [-0.2, 0) is 16.4 Å². The minimum Gasteiger partial charge on any atom is -0.496 e. The normalized spacial score (nSPS) is 10.8. The van der Waals surface area contributed by atoms with Gasteiger partial charge in [-0.25, -0.2) is 8.42 Å². The van der Waals surface area contributed by atoms with Crippen molar-refractivity contribution in [2.45, 2.75) is 11.3 Å². The number of hydrogen-bond acceptors (Lipinski definition) is 6. The van der Waals surface area contributed by atoms with E-state index in [-0.39, 0.29) is 28.2 Å². The zero-order chi connectivity index (χ0) is 22.3. The molecule has 0 aliphatic rings. The molecule has 1 amide bonds. The first kappa shape index (κ1) is 23.7. The summed E-state index contributed by atoms with van der Waals surface area (Å²) >= 11 is 10.8. The average molecular weight is 472 g/mol. The Bertz CT molecular complexity index is 1040. The first-order valence-electron chi connectivity index (χ1n) is 8.75. The Balaban J connectivity index is 2.13. The highest BCUT2D eigenvalue weighted by atomic mass is 35.5. The first-order chi connectivity index (χ1) is 14.2. The molecule has 0 aliphatic carbocycles. The molecule has 0 heterocycles. The molecule has 162 valence electrons. The number of benzene rings is 2. The zero-order valence-electron chi connectivity index (χ0n) is 16.6. The number of methoxy groups -OCH3 is 2. The standard InChI is InChI=1S/C19H22ClN3O5S2/c1-21-19(29)23-30(25,26)17-10-12(4-7-15(17)27-2)8-9-22-18(24)14-6-5-13(20)11-16(14)28-3/h4-7,10-11H,8-9H2,1-3H3,(H,22,24)(H2,21,23,29). The number of amides is 1. The molecule has 0 aliphatic heterocycles. The molecule has 0 radical (unpaired) electrons. The number of hydrogen-bond donors (Lipinski definition) is 3. The summed E-state index contributed by atoms with van der Waals surface area (Å²) in [4.78, 5) is 12.4. The Morgan fingerprint density at radius 2 is 1.80 bits per heavy atom. The maximum Gasteiger partial charge on any atom is 0.267 e. The summed E-state index contributed by atoms with van der Waals surface area (Å²) in [7, 11) is 0.414. The number of ether oxygens (including phenoxy) is 2. The fourth-order valence-corrected chi connectivity index (χ4v) is 4.25. The number of carbonyl (C=O) groups excluding carboxylic acids is 1. The van der Waals surface area contributed by atoms with Crippen LogP contribution in [0.5, 0.6) is 11.5 Å². The maximum absolute atomic E-state index is 12.6. The summed E-state index contributed by atoms with van der Waals surface area (Å²) in [6.45, 7) is 0.277. The van der Waals surface area contributed by atoms with Gasteiger partial charge in [-0.1, -0.05) is 17.7 Å². The van der Waals surface area contributed by atoms with Gasteiger partial charge in [0.05, 0.1) is 19.8 Å². The molecular weight excluding hydrogens is 450 g/mol. The van der Waals surface area contributed by atoms with E-state index >= 15 is 0 Å². The van der Waals surface area contributed by atoms with Gasteiger partial charge in [0.25, 0.3) is 15.9 Å². The van der Waals surface area contributed by atoms with Crippen LogP contribution in [0, 0.1) is 0 Å². The van der Waals surface area contributed by atoms with Gasteiger partial charge >= 0.3 is 0 Å². The van der Waals surface area contributed by atoms with Gasteiger partial charge in [-0.2, -0.15) is 0 Å². The smallest absolute Gasteiger partial charge is 0.267 e. The van der Waals surface area contributed by atoms with E-state index in [1.807, 2.05) is 0 Å². The number of nitrogens with one attached hydrogen (secondary N) is 3. The Labute approximate surface area is 186 Å². The predicted molar refractivity (Wildman–Crippen MR) is 119 cm³/mol. The van der Waals surface area contributed by atoms with Crippen molar-refractivity contribution in [1.82, 2.24) is 15.4 Å². The summed E-state index contributed by atoms with van der Waals surface area (Å²) < 4.78 is 37.8. The molecule has 0 bridgehead atoms. The fourth-order valence-electron chi connectivity index (χ4n) is 2.58. The van der Waals surface area contributed by atoms with E-state index in [1.54, 1.807) is 30.3 Å². The van der Waals surface area contributed by atoms with Crippen LogP contribution >= 0.6 is 23.8 Å². The molecule has 2 aromatic carbocycles. The van der Waals surface area contributed by atoms with Gasteiger partial charge in [-0.3, -0.25) is 9.52 Å². The highest BCUT2D eigenvalue weighted by Crippen LogP contribution is 2.25. The van der Waals surface area contributed by atoms with Crippen molar-refractivity contribution in [3.63, 3.8) is 0 Å². The first-order valence-corrected chi connectivity index (χ1v) is 11.0. The van der Waals surface area contributed by atoms with E-state index in [1.165, 1.54) is 27.3 Å². The number of carbonyl (C=O) groups is 1. The van der Waals surface area contributed by atoms with Crippen molar-refractivity contribution in [3.8, 4) is 11.5 Å². The molecule has 0 saturated heterocycles. The van der Waals surface area contributed by atoms with Crippen molar-refractivity contribution in [2.24, 2.45) is 0 Å². The van der Waals surface area contributed by atoms with Gasteiger partial charge < -0.3 is 20.1 Å². The lowest BCUT2D eigenvalue weighted by atomic mass is 10.1. The van der Waals surface area contributed by atoms with Gasteiger partial charge in [0, 0.05) is 18.6 Å². The molecule has 8 nitrogen and oxygen atoms in total. The van der Waals surface area contributed by atoms with Crippen LogP contribution in [0.3, 0.4) is 0 Å². The average Bonchev–Trinajstić information content (AvgIpc) is 2.72. The lowest BCUT2D eigenvalue weighted by Crippen LogP contribution is -2.37. The second kappa shape index (κ2) is 10.5.